The van der Waals surface area contributed by atoms with E-state index in [9.17, 15) is 28.8 Å². The molecule has 1 saturated heterocycles. The lowest BCUT2D eigenvalue weighted by atomic mass is 9.84. The zero-order chi connectivity index (χ0) is 37.4. The van der Waals surface area contributed by atoms with Crippen LogP contribution in [0.1, 0.15) is 27.0 Å². The van der Waals surface area contributed by atoms with Gasteiger partial charge in [0.25, 0.3) is 0 Å². The number of hydrogen-bond acceptors (Lipinski definition) is 15. The fourth-order valence-corrected chi connectivity index (χ4v) is 8.24. The topological polar surface area (TPSA) is 242 Å². The van der Waals surface area contributed by atoms with Crippen LogP contribution in [-0.4, -0.2) is 66.6 Å². The molecule has 2 aromatic carbocycles. The average Bonchev–Trinajstić information content (AvgIpc) is 3.37. The number of rotatable bonds is 16. The maximum Gasteiger partial charge on any atom is 0.459 e. The highest BCUT2D eigenvalue weighted by atomic mass is 31.2. The van der Waals surface area contributed by atoms with E-state index in [0.29, 0.717) is 0 Å². The zero-order valence-corrected chi connectivity index (χ0v) is 30.0. The Hall–Kier alpha value is -4.59. The molecule has 1 aliphatic heterocycles. The van der Waals surface area contributed by atoms with Crippen LogP contribution >= 0.6 is 15.5 Å². The van der Waals surface area contributed by atoms with Crippen molar-refractivity contribution in [3.63, 3.8) is 0 Å². The van der Waals surface area contributed by atoms with E-state index in [1.807, 2.05) is 0 Å². The fraction of sp³-hybridized carbons (Fsp3) is 0.387. The van der Waals surface area contributed by atoms with Crippen LogP contribution in [-0.2, 0) is 42.0 Å². The van der Waals surface area contributed by atoms with Gasteiger partial charge in [-0.3, -0.25) is 23.2 Å². The smallest absolute Gasteiger partial charge is 0.459 e. The standard InChI is InChI=1S/C31H38N6O12P2/c1-20(27(38)43-4)35-50(41,47-22-12-8-6-9-13-22)45-18-24-26(31(3,19-32)29(46-24)37-17-16-25(33)34-30(37)40)49-51(42,36-21(2)28(39)44-5)48-23-14-10-7-11-15-23/h6-17,20-21,24,26,29H,18H2,1-5H3,(H,35,41)(H,36,42)(H2,33,34,40)/t20-,21-,24+,26+,29+,31?,50?,51?/m0/s1. The van der Waals surface area contributed by atoms with E-state index < -0.39 is 75.7 Å². The normalized spacial score (nSPS) is 23.4. The molecule has 1 fully saturated rings. The summed E-state index contributed by atoms with van der Waals surface area (Å²) in [6.07, 6.45) is -3.32. The number of carbonyl (C=O) groups excluding carboxylic acids is 2. The molecule has 1 aromatic heterocycles. The summed E-state index contributed by atoms with van der Waals surface area (Å²) in [5, 5.41) is 15.7. The third-order valence-corrected chi connectivity index (χ3v) is 10.8. The summed E-state index contributed by atoms with van der Waals surface area (Å²) in [6.45, 7) is 3.36. The third kappa shape index (κ3) is 9.60. The largest absolute Gasteiger partial charge is 0.468 e. The van der Waals surface area contributed by atoms with E-state index in [2.05, 4.69) is 21.2 Å². The highest BCUT2D eigenvalue weighted by Crippen LogP contribution is 2.56. The van der Waals surface area contributed by atoms with Gasteiger partial charge in [-0.15, -0.1) is 0 Å². The number of ether oxygens (including phenoxy) is 3. The second-order valence-corrected chi connectivity index (χ2v) is 14.7. The number of anilines is 1. The number of nitrogens with two attached hydrogens (primary N) is 1. The lowest BCUT2D eigenvalue weighted by molar-refractivity contribution is -0.143. The SMILES string of the molecule is COC(=O)[C@H](C)NP(=O)(OC[C@H]1O[C@@H](n2ccc(N)nc2=O)C(C)(C#N)[C@@H]1OP(=O)(N[C@@H](C)C(=O)OC)Oc1ccccc1)Oc1ccccc1. The van der Waals surface area contributed by atoms with Gasteiger partial charge in [-0.1, -0.05) is 36.4 Å². The first-order chi connectivity index (χ1) is 24.2. The van der Waals surface area contributed by atoms with Crippen molar-refractivity contribution in [2.45, 2.75) is 51.3 Å². The van der Waals surface area contributed by atoms with Crippen molar-refractivity contribution >= 4 is 33.2 Å². The maximum atomic E-state index is 14.6. The van der Waals surface area contributed by atoms with Gasteiger partial charge in [0.15, 0.2) is 6.23 Å². The fourth-order valence-electron chi connectivity index (χ4n) is 4.95. The quantitative estimate of drug-likeness (QED) is 0.141. The number of para-hydroxylation sites is 2. The minimum Gasteiger partial charge on any atom is -0.468 e. The van der Waals surface area contributed by atoms with Crippen molar-refractivity contribution in [3.8, 4) is 17.6 Å². The van der Waals surface area contributed by atoms with Crippen molar-refractivity contribution in [2.24, 2.45) is 5.41 Å². The monoisotopic (exact) mass is 748 g/mol. The molecular formula is C31H38N6O12P2. The van der Waals surface area contributed by atoms with Crippen LogP contribution in [0.25, 0.3) is 0 Å². The highest BCUT2D eigenvalue weighted by molar-refractivity contribution is 7.52. The van der Waals surface area contributed by atoms with E-state index in [-0.39, 0.29) is 17.3 Å². The Bertz CT molecular complexity index is 1880. The van der Waals surface area contributed by atoms with Crippen LogP contribution in [0, 0.1) is 16.7 Å². The van der Waals surface area contributed by atoms with Crippen LogP contribution in [0.4, 0.5) is 5.82 Å². The number of nitrogens with one attached hydrogen (secondary N) is 2. The first kappa shape index (κ1) is 39.2. The second-order valence-electron chi connectivity index (χ2n) is 11.3. The van der Waals surface area contributed by atoms with Gasteiger partial charge >= 0.3 is 33.1 Å². The van der Waals surface area contributed by atoms with Gasteiger partial charge in [0.05, 0.1) is 26.9 Å². The van der Waals surface area contributed by atoms with E-state index in [1.54, 1.807) is 36.4 Å². The number of carbonyl (C=O) groups is 2. The summed E-state index contributed by atoms with van der Waals surface area (Å²) in [6, 6.07) is 16.7. The molecule has 0 saturated carbocycles. The van der Waals surface area contributed by atoms with Gasteiger partial charge in [-0.2, -0.15) is 20.4 Å². The van der Waals surface area contributed by atoms with Crippen LogP contribution < -0.4 is 30.6 Å². The van der Waals surface area contributed by atoms with E-state index in [0.717, 1.165) is 18.8 Å². The number of esters is 2. The van der Waals surface area contributed by atoms with Crippen molar-refractivity contribution in [2.75, 3.05) is 26.6 Å². The van der Waals surface area contributed by atoms with Crippen molar-refractivity contribution in [3.05, 3.63) is 83.4 Å². The Kier molecular flexibility index (Phi) is 12.8. The summed E-state index contributed by atoms with van der Waals surface area (Å²) in [5.74, 6) is -1.54. The predicted octanol–water partition coefficient (Wildman–Crippen LogP) is 3.33. The molecule has 4 N–H and O–H groups in total. The van der Waals surface area contributed by atoms with E-state index in [4.69, 9.17) is 38.0 Å². The first-order valence-corrected chi connectivity index (χ1v) is 18.4. The molecular weight excluding hydrogens is 710 g/mol. The molecule has 3 aromatic rings. The molecule has 0 radical (unpaired) electrons. The molecule has 274 valence electrons. The van der Waals surface area contributed by atoms with E-state index in [1.165, 1.54) is 57.3 Å². The highest BCUT2D eigenvalue weighted by Gasteiger charge is 2.59. The van der Waals surface area contributed by atoms with Crippen LogP contribution in [0.5, 0.6) is 11.5 Å². The average molecular weight is 749 g/mol. The molecule has 0 amide bonds. The summed E-state index contributed by atoms with van der Waals surface area (Å²) >= 11 is 0. The van der Waals surface area contributed by atoms with Gasteiger partial charge in [0.2, 0.25) is 0 Å². The van der Waals surface area contributed by atoms with Gasteiger partial charge in [-0.05, 0) is 51.1 Å². The number of benzene rings is 2. The number of hydrogen-bond donors (Lipinski definition) is 3. The molecule has 51 heavy (non-hydrogen) atoms. The third-order valence-electron chi connectivity index (χ3n) is 7.50. The lowest BCUT2D eigenvalue weighted by Gasteiger charge is -2.32. The number of nitrogen functional groups attached to an aromatic ring is 1. The maximum absolute atomic E-state index is 14.6. The molecule has 8 atom stereocenters. The Balaban J connectivity index is 1.78. The minimum atomic E-state index is -4.68. The van der Waals surface area contributed by atoms with Crippen molar-refractivity contribution in [1.82, 2.24) is 19.7 Å². The minimum absolute atomic E-state index is 0.0630. The molecule has 0 bridgehead atoms. The predicted molar refractivity (Wildman–Crippen MR) is 180 cm³/mol. The molecule has 0 spiro atoms. The summed E-state index contributed by atoms with van der Waals surface area (Å²) in [4.78, 5) is 41.4. The Morgan fingerprint density at radius 3 is 1.96 bits per heavy atom. The van der Waals surface area contributed by atoms with Gasteiger partial charge in [0, 0.05) is 6.20 Å². The lowest BCUT2D eigenvalue weighted by Crippen LogP contribution is -2.44. The number of methoxy groups -OCH3 is 2. The number of aromatic nitrogens is 2. The zero-order valence-electron chi connectivity index (χ0n) is 28.2. The van der Waals surface area contributed by atoms with Crippen molar-refractivity contribution < 1.29 is 51.0 Å². The van der Waals surface area contributed by atoms with Crippen LogP contribution in [0.15, 0.2) is 77.7 Å². The number of nitrogens with zero attached hydrogens (tertiary/aromatic N) is 3. The number of nitriles is 1. The molecule has 4 rings (SSSR count). The van der Waals surface area contributed by atoms with Crippen molar-refractivity contribution in [1.29, 1.82) is 5.26 Å². The molecule has 2 heterocycles. The molecule has 0 aliphatic carbocycles. The van der Waals surface area contributed by atoms with Gasteiger partial charge in [0.1, 0.15) is 47.0 Å². The molecule has 1 aliphatic rings. The van der Waals surface area contributed by atoms with Gasteiger partial charge < -0.3 is 29.0 Å². The summed E-state index contributed by atoms with van der Waals surface area (Å²) < 4.78 is 68.8. The Morgan fingerprint density at radius 2 is 1.47 bits per heavy atom. The van der Waals surface area contributed by atoms with Crippen LogP contribution in [0.3, 0.4) is 0 Å². The van der Waals surface area contributed by atoms with E-state index >= 15 is 0 Å². The Morgan fingerprint density at radius 1 is 0.961 bits per heavy atom. The molecule has 3 unspecified atom stereocenters. The van der Waals surface area contributed by atoms with Gasteiger partial charge in [-0.25, -0.2) is 13.9 Å². The Labute approximate surface area is 293 Å². The summed E-state index contributed by atoms with van der Waals surface area (Å²) in [5.41, 5.74) is 2.91. The van der Waals surface area contributed by atoms with Crippen LogP contribution in [0.2, 0.25) is 0 Å². The first-order valence-electron chi connectivity index (χ1n) is 15.3. The molecule has 20 heteroatoms. The summed E-state index contributed by atoms with van der Waals surface area (Å²) in [7, 11) is -6.90. The molecule has 18 nitrogen and oxygen atoms in total. The second kappa shape index (κ2) is 16.6.